The van der Waals surface area contributed by atoms with E-state index in [1.807, 2.05) is 24.3 Å². The van der Waals surface area contributed by atoms with E-state index in [4.69, 9.17) is 5.26 Å². The van der Waals surface area contributed by atoms with Gasteiger partial charge in [-0.2, -0.15) is 5.26 Å². The molecule has 1 spiro atoms. The van der Waals surface area contributed by atoms with E-state index >= 15 is 0 Å². The summed E-state index contributed by atoms with van der Waals surface area (Å²) in [5.41, 5.74) is 1.04. The van der Waals surface area contributed by atoms with Crippen molar-refractivity contribution >= 4 is 17.8 Å². The molecule has 0 unspecified atom stereocenters. The largest absolute Gasteiger partial charge is 0.339 e. The van der Waals surface area contributed by atoms with Crippen LogP contribution in [0.3, 0.4) is 0 Å². The van der Waals surface area contributed by atoms with Crippen molar-refractivity contribution in [3.8, 4) is 6.07 Å². The molecule has 0 atom stereocenters. The Kier molecular flexibility index (Phi) is 5.96. The van der Waals surface area contributed by atoms with Gasteiger partial charge in [0, 0.05) is 39.8 Å². The third-order valence-electron chi connectivity index (χ3n) is 6.99. The summed E-state index contributed by atoms with van der Waals surface area (Å²) in [5, 5.41) is 8.91. The van der Waals surface area contributed by atoms with Gasteiger partial charge in [0.25, 0.3) is 5.91 Å². The zero-order valence-corrected chi connectivity index (χ0v) is 18.0. The molecular weight excluding hydrogens is 394 g/mol. The fourth-order valence-electron chi connectivity index (χ4n) is 5.00. The summed E-state index contributed by atoms with van der Waals surface area (Å²) in [6.45, 7) is 3.22. The van der Waals surface area contributed by atoms with Crippen LogP contribution in [0.1, 0.15) is 43.2 Å². The number of carbonyl (C=O) groups is 3. The van der Waals surface area contributed by atoms with Gasteiger partial charge in [-0.25, -0.2) is 4.79 Å². The van der Waals surface area contributed by atoms with Gasteiger partial charge in [0.2, 0.25) is 5.91 Å². The van der Waals surface area contributed by atoms with E-state index in [-0.39, 0.29) is 24.4 Å². The average Bonchev–Trinajstić information content (AvgIpc) is 2.97. The van der Waals surface area contributed by atoms with Crippen molar-refractivity contribution in [2.75, 3.05) is 39.8 Å². The molecule has 0 bridgehead atoms. The number of likely N-dealkylation sites (N-methyl/N-ethyl adjacent to an activating group) is 1. The third kappa shape index (κ3) is 4.02. The lowest BCUT2D eigenvalue weighted by molar-refractivity contribution is -0.141. The van der Waals surface area contributed by atoms with Crippen LogP contribution in [0.2, 0.25) is 0 Å². The van der Waals surface area contributed by atoms with Crippen LogP contribution in [-0.4, -0.2) is 82.8 Å². The van der Waals surface area contributed by atoms with Crippen LogP contribution in [0.5, 0.6) is 0 Å². The number of nitriles is 1. The Morgan fingerprint density at radius 2 is 1.68 bits per heavy atom. The Bertz CT molecular complexity index is 893. The number of nitrogens with zero attached hydrogens (tertiary/aromatic N) is 5. The second-order valence-corrected chi connectivity index (χ2v) is 8.79. The van der Waals surface area contributed by atoms with Crippen LogP contribution in [0.15, 0.2) is 24.3 Å². The average molecular weight is 424 g/mol. The molecule has 1 aromatic carbocycles. The van der Waals surface area contributed by atoms with E-state index in [2.05, 4.69) is 11.0 Å². The summed E-state index contributed by atoms with van der Waals surface area (Å²) in [5.74, 6) is -0.367. The highest BCUT2D eigenvalue weighted by Gasteiger charge is 2.56. The lowest BCUT2D eigenvalue weighted by Crippen LogP contribution is -2.52. The van der Waals surface area contributed by atoms with Gasteiger partial charge in [-0.3, -0.25) is 19.4 Å². The Morgan fingerprint density at radius 3 is 2.29 bits per heavy atom. The SMILES string of the molecule is CN1C(=O)N(CC(=O)N2CCN(Cc3ccc(C#N)cc3)CC2)C(=O)C12CCCCC2. The van der Waals surface area contributed by atoms with Gasteiger partial charge in [0.1, 0.15) is 12.1 Å². The predicted octanol–water partition coefficient (Wildman–Crippen LogP) is 1.80. The topological polar surface area (TPSA) is 88.0 Å². The first-order chi connectivity index (χ1) is 14.9. The minimum absolute atomic E-state index is 0.166. The molecule has 4 amide bonds. The molecule has 4 rings (SSSR count). The van der Waals surface area contributed by atoms with Crippen LogP contribution in [-0.2, 0) is 16.1 Å². The second-order valence-electron chi connectivity index (χ2n) is 8.79. The van der Waals surface area contributed by atoms with E-state index in [1.54, 1.807) is 16.8 Å². The molecule has 3 fully saturated rings. The number of rotatable bonds is 4. The smallest absolute Gasteiger partial charge is 0.327 e. The summed E-state index contributed by atoms with van der Waals surface area (Å²) < 4.78 is 0. The van der Waals surface area contributed by atoms with Gasteiger partial charge in [-0.15, -0.1) is 0 Å². The van der Waals surface area contributed by atoms with Gasteiger partial charge in [0.05, 0.1) is 11.6 Å². The maximum absolute atomic E-state index is 13.1. The summed E-state index contributed by atoms with van der Waals surface area (Å²) in [7, 11) is 1.69. The Hall–Kier alpha value is -2.92. The second kappa shape index (κ2) is 8.67. The number of hydrogen-bond acceptors (Lipinski definition) is 5. The number of hydrogen-bond donors (Lipinski definition) is 0. The first kappa shape index (κ1) is 21.3. The highest BCUT2D eigenvalue weighted by Crippen LogP contribution is 2.39. The van der Waals surface area contributed by atoms with Crippen molar-refractivity contribution in [2.24, 2.45) is 0 Å². The van der Waals surface area contributed by atoms with Crippen molar-refractivity contribution in [1.29, 1.82) is 5.26 Å². The maximum Gasteiger partial charge on any atom is 0.327 e. The quantitative estimate of drug-likeness (QED) is 0.689. The summed E-state index contributed by atoms with van der Waals surface area (Å²) in [6, 6.07) is 9.32. The third-order valence-corrected chi connectivity index (χ3v) is 6.99. The Labute approximate surface area is 183 Å². The molecule has 2 aliphatic heterocycles. The molecular formula is C23H29N5O3. The van der Waals surface area contributed by atoms with Gasteiger partial charge in [0.15, 0.2) is 0 Å². The van der Waals surface area contributed by atoms with Crippen LogP contribution >= 0.6 is 0 Å². The molecule has 2 heterocycles. The zero-order chi connectivity index (χ0) is 22.0. The van der Waals surface area contributed by atoms with E-state index < -0.39 is 5.54 Å². The van der Waals surface area contributed by atoms with Gasteiger partial charge < -0.3 is 9.80 Å². The van der Waals surface area contributed by atoms with E-state index in [0.717, 1.165) is 49.4 Å². The molecule has 1 aliphatic carbocycles. The molecule has 1 aromatic rings. The highest BCUT2D eigenvalue weighted by molar-refractivity contribution is 6.08. The van der Waals surface area contributed by atoms with E-state index in [9.17, 15) is 14.4 Å². The van der Waals surface area contributed by atoms with Crippen LogP contribution in [0.25, 0.3) is 0 Å². The van der Waals surface area contributed by atoms with Crippen molar-refractivity contribution in [2.45, 2.75) is 44.2 Å². The number of piperazine rings is 1. The van der Waals surface area contributed by atoms with Crippen molar-refractivity contribution < 1.29 is 14.4 Å². The lowest BCUT2D eigenvalue weighted by Gasteiger charge is -2.36. The molecule has 31 heavy (non-hydrogen) atoms. The maximum atomic E-state index is 13.1. The minimum atomic E-state index is -0.741. The number of urea groups is 1. The summed E-state index contributed by atoms with van der Waals surface area (Å²) >= 11 is 0. The van der Waals surface area contributed by atoms with Gasteiger partial charge in [-0.1, -0.05) is 31.4 Å². The predicted molar refractivity (Wildman–Crippen MR) is 114 cm³/mol. The van der Waals surface area contributed by atoms with Crippen molar-refractivity contribution in [3.63, 3.8) is 0 Å². The van der Waals surface area contributed by atoms with Gasteiger partial charge in [-0.05, 0) is 30.5 Å². The molecule has 0 radical (unpaired) electrons. The Morgan fingerprint density at radius 1 is 1.03 bits per heavy atom. The van der Waals surface area contributed by atoms with Crippen LogP contribution in [0, 0.1) is 11.3 Å². The monoisotopic (exact) mass is 423 g/mol. The van der Waals surface area contributed by atoms with Gasteiger partial charge >= 0.3 is 6.03 Å². The first-order valence-electron chi connectivity index (χ1n) is 11.0. The lowest BCUT2D eigenvalue weighted by atomic mass is 9.81. The summed E-state index contributed by atoms with van der Waals surface area (Å²) in [6.07, 6.45) is 4.33. The standard InChI is InChI=1S/C23H29N5O3/c1-25-22(31)28(21(30)23(25)9-3-2-4-10-23)17-20(29)27-13-11-26(12-14-27)16-19-7-5-18(15-24)6-8-19/h5-8H,2-4,9-14,16-17H2,1H3. The number of amides is 4. The number of benzene rings is 1. The number of imide groups is 1. The molecule has 0 aromatic heterocycles. The molecule has 8 heteroatoms. The molecule has 2 saturated heterocycles. The normalized spacial score (nSPS) is 21.6. The number of carbonyl (C=O) groups excluding carboxylic acids is 3. The highest BCUT2D eigenvalue weighted by atomic mass is 16.2. The van der Waals surface area contributed by atoms with Crippen LogP contribution in [0.4, 0.5) is 4.79 Å². The summed E-state index contributed by atoms with van der Waals surface area (Å²) in [4.78, 5) is 45.4. The minimum Gasteiger partial charge on any atom is -0.339 e. The first-order valence-corrected chi connectivity index (χ1v) is 11.0. The Balaban J connectivity index is 1.31. The molecule has 0 N–H and O–H groups in total. The van der Waals surface area contributed by atoms with Crippen molar-refractivity contribution in [1.82, 2.24) is 19.6 Å². The van der Waals surface area contributed by atoms with E-state index in [0.29, 0.717) is 31.5 Å². The van der Waals surface area contributed by atoms with Crippen molar-refractivity contribution in [3.05, 3.63) is 35.4 Å². The van der Waals surface area contributed by atoms with Crippen LogP contribution < -0.4 is 0 Å². The molecule has 3 aliphatic rings. The van der Waals surface area contributed by atoms with E-state index in [1.165, 1.54) is 0 Å². The fourth-order valence-corrected chi connectivity index (χ4v) is 5.00. The molecule has 1 saturated carbocycles. The fraction of sp³-hybridized carbons (Fsp3) is 0.565. The molecule has 164 valence electrons. The zero-order valence-electron chi connectivity index (χ0n) is 18.0. The molecule has 8 nitrogen and oxygen atoms in total.